The van der Waals surface area contributed by atoms with E-state index in [0.29, 0.717) is 10.8 Å². The lowest BCUT2D eigenvalue weighted by molar-refractivity contribution is 0.154. The Morgan fingerprint density at radius 2 is 1.73 bits per heavy atom. The minimum atomic E-state index is 0.631. The van der Waals surface area contributed by atoms with Crippen molar-refractivity contribution in [3.8, 4) is 0 Å². The molecule has 2 atom stereocenters. The van der Waals surface area contributed by atoms with Crippen molar-refractivity contribution in [3.63, 3.8) is 0 Å². The van der Waals surface area contributed by atoms with Crippen molar-refractivity contribution in [1.29, 1.82) is 0 Å². The minimum Gasteiger partial charge on any atom is -0.0619 e. The first-order valence-electron chi connectivity index (χ1n) is 4.98. The summed E-state index contributed by atoms with van der Waals surface area (Å²) in [6, 6.07) is 0. The van der Waals surface area contributed by atoms with E-state index in [1.54, 1.807) is 0 Å². The number of hydrogen-bond donors (Lipinski definition) is 0. The minimum absolute atomic E-state index is 0.631. The van der Waals surface area contributed by atoms with Crippen LogP contribution in [0.3, 0.4) is 0 Å². The Morgan fingerprint density at radius 3 is 2.00 bits per heavy atom. The lowest BCUT2D eigenvalue weighted by Crippen LogP contribution is -2.26. The molecule has 0 bridgehead atoms. The van der Waals surface area contributed by atoms with Crippen molar-refractivity contribution in [2.24, 2.45) is 22.7 Å². The second-order valence-corrected chi connectivity index (χ2v) is 5.52. The quantitative estimate of drug-likeness (QED) is 0.568. The van der Waals surface area contributed by atoms with Crippen LogP contribution in [0.1, 0.15) is 47.0 Å². The highest BCUT2D eigenvalue weighted by Crippen LogP contribution is 2.68. The fraction of sp³-hybridized carbons (Fsp3) is 1.00. The SMILES string of the molecule is CC1CC1(C)C(C)(C)C1CC1. The van der Waals surface area contributed by atoms with Gasteiger partial charge in [-0.3, -0.25) is 0 Å². The van der Waals surface area contributed by atoms with Crippen LogP contribution in [0.15, 0.2) is 0 Å². The van der Waals surface area contributed by atoms with E-state index < -0.39 is 0 Å². The van der Waals surface area contributed by atoms with Crippen LogP contribution in [0.5, 0.6) is 0 Å². The van der Waals surface area contributed by atoms with Gasteiger partial charge >= 0.3 is 0 Å². The fourth-order valence-corrected chi connectivity index (χ4v) is 2.75. The molecule has 0 heterocycles. The maximum atomic E-state index is 2.48. The van der Waals surface area contributed by atoms with E-state index in [2.05, 4.69) is 27.7 Å². The molecule has 64 valence electrons. The fourth-order valence-electron chi connectivity index (χ4n) is 2.75. The number of rotatable bonds is 2. The Balaban J connectivity index is 2.13. The zero-order chi connectivity index (χ0) is 8.28. The van der Waals surface area contributed by atoms with E-state index in [1.807, 2.05) is 0 Å². The third-order valence-electron chi connectivity index (χ3n) is 4.73. The van der Waals surface area contributed by atoms with E-state index in [9.17, 15) is 0 Å². The van der Waals surface area contributed by atoms with Gasteiger partial charge < -0.3 is 0 Å². The standard InChI is InChI=1S/C11H20/c1-8-7-11(8,4)10(2,3)9-5-6-9/h8-9H,5-7H2,1-4H3. The van der Waals surface area contributed by atoms with Crippen molar-refractivity contribution < 1.29 is 0 Å². The lowest BCUT2D eigenvalue weighted by atomic mass is 9.72. The van der Waals surface area contributed by atoms with Crippen molar-refractivity contribution in [3.05, 3.63) is 0 Å². The van der Waals surface area contributed by atoms with Gasteiger partial charge in [0, 0.05) is 0 Å². The molecule has 2 aliphatic carbocycles. The van der Waals surface area contributed by atoms with Gasteiger partial charge in [-0.15, -0.1) is 0 Å². The first-order chi connectivity index (χ1) is 4.98. The summed E-state index contributed by atoms with van der Waals surface area (Å²) >= 11 is 0. The Labute approximate surface area is 70.4 Å². The maximum absolute atomic E-state index is 2.48. The van der Waals surface area contributed by atoms with Gasteiger partial charge in [0.25, 0.3) is 0 Å². The van der Waals surface area contributed by atoms with Gasteiger partial charge in [0.2, 0.25) is 0 Å². The summed E-state index contributed by atoms with van der Waals surface area (Å²) in [6.07, 6.45) is 4.46. The van der Waals surface area contributed by atoms with E-state index in [-0.39, 0.29) is 0 Å². The van der Waals surface area contributed by atoms with Crippen molar-refractivity contribution in [1.82, 2.24) is 0 Å². The van der Waals surface area contributed by atoms with E-state index in [1.165, 1.54) is 19.3 Å². The Bertz CT molecular complexity index is 176. The zero-order valence-corrected chi connectivity index (χ0v) is 8.28. The Kier molecular flexibility index (Phi) is 1.28. The van der Waals surface area contributed by atoms with E-state index in [4.69, 9.17) is 0 Å². The van der Waals surface area contributed by atoms with Crippen LogP contribution in [0.2, 0.25) is 0 Å². The third-order valence-corrected chi connectivity index (χ3v) is 4.73. The first kappa shape index (κ1) is 7.64. The van der Waals surface area contributed by atoms with Crippen LogP contribution in [0.25, 0.3) is 0 Å². The number of hydrogen-bond acceptors (Lipinski definition) is 0. The maximum Gasteiger partial charge on any atom is -0.0243 e. The van der Waals surface area contributed by atoms with Gasteiger partial charge in [-0.2, -0.15) is 0 Å². The molecule has 2 saturated carbocycles. The Hall–Kier alpha value is 0. The van der Waals surface area contributed by atoms with E-state index >= 15 is 0 Å². The van der Waals surface area contributed by atoms with Crippen molar-refractivity contribution in [2.75, 3.05) is 0 Å². The summed E-state index contributed by atoms with van der Waals surface area (Å²) in [4.78, 5) is 0. The Morgan fingerprint density at radius 1 is 1.27 bits per heavy atom. The molecule has 2 aliphatic rings. The van der Waals surface area contributed by atoms with Crippen LogP contribution in [-0.2, 0) is 0 Å². The molecular formula is C11H20. The zero-order valence-electron chi connectivity index (χ0n) is 8.28. The molecule has 2 unspecified atom stereocenters. The molecular weight excluding hydrogens is 132 g/mol. The van der Waals surface area contributed by atoms with E-state index in [0.717, 1.165) is 11.8 Å². The molecule has 0 amide bonds. The first-order valence-corrected chi connectivity index (χ1v) is 4.98. The van der Waals surface area contributed by atoms with Crippen molar-refractivity contribution in [2.45, 2.75) is 47.0 Å². The second-order valence-electron chi connectivity index (χ2n) is 5.52. The topological polar surface area (TPSA) is 0 Å². The predicted octanol–water partition coefficient (Wildman–Crippen LogP) is 3.47. The van der Waals surface area contributed by atoms with Crippen LogP contribution in [0.4, 0.5) is 0 Å². The molecule has 0 radical (unpaired) electrons. The molecule has 0 nitrogen and oxygen atoms in total. The molecule has 0 aromatic heterocycles. The van der Waals surface area contributed by atoms with Gasteiger partial charge in [0.05, 0.1) is 0 Å². The summed E-state index contributed by atoms with van der Waals surface area (Å²) < 4.78 is 0. The molecule has 0 aromatic carbocycles. The van der Waals surface area contributed by atoms with Crippen molar-refractivity contribution >= 4 is 0 Å². The average molecular weight is 152 g/mol. The van der Waals surface area contributed by atoms with Gasteiger partial charge in [0.1, 0.15) is 0 Å². The molecule has 0 aromatic rings. The highest BCUT2D eigenvalue weighted by molar-refractivity contribution is 5.09. The van der Waals surface area contributed by atoms with Crippen LogP contribution < -0.4 is 0 Å². The van der Waals surface area contributed by atoms with Crippen LogP contribution in [-0.4, -0.2) is 0 Å². The summed E-state index contributed by atoms with van der Waals surface area (Å²) in [5.74, 6) is 2.04. The average Bonchev–Trinajstić information content (AvgIpc) is 2.69. The smallest absolute Gasteiger partial charge is 0.0243 e. The van der Waals surface area contributed by atoms with Gasteiger partial charge in [-0.25, -0.2) is 0 Å². The van der Waals surface area contributed by atoms with Gasteiger partial charge in [-0.1, -0.05) is 27.7 Å². The highest BCUT2D eigenvalue weighted by Gasteiger charge is 2.60. The molecule has 0 heteroatoms. The predicted molar refractivity (Wildman–Crippen MR) is 48.4 cm³/mol. The summed E-state index contributed by atoms with van der Waals surface area (Å²) in [5, 5.41) is 0. The molecule has 2 fully saturated rings. The second kappa shape index (κ2) is 1.84. The summed E-state index contributed by atoms with van der Waals surface area (Å²) in [7, 11) is 0. The highest BCUT2D eigenvalue weighted by atomic mass is 14.7. The van der Waals surface area contributed by atoms with Gasteiger partial charge in [-0.05, 0) is 41.9 Å². The third kappa shape index (κ3) is 0.878. The largest absolute Gasteiger partial charge is 0.0619 e. The molecule has 0 aliphatic heterocycles. The molecule has 0 saturated heterocycles. The summed E-state index contributed by atoms with van der Waals surface area (Å²) in [5.41, 5.74) is 1.32. The summed E-state index contributed by atoms with van der Waals surface area (Å²) in [6.45, 7) is 9.85. The molecule has 2 rings (SSSR count). The van der Waals surface area contributed by atoms with Gasteiger partial charge in [0.15, 0.2) is 0 Å². The van der Waals surface area contributed by atoms with Crippen LogP contribution >= 0.6 is 0 Å². The normalized spacial score (nSPS) is 44.2. The lowest BCUT2D eigenvalue weighted by Gasteiger charge is -2.33. The molecule has 11 heavy (non-hydrogen) atoms. The molecule has 0 spiro atoms. The monoisotopic (exact) mass is 152 g/mol. The van der Waals surface area contributed by atoms with Crippen LogP contribution in [0, 0.1) is 22.7 Å². The molecule has 0 N–H and O–H groups in total.